The molecule has 0 nitrogen and oxygen atoms in total. The van der Waals surface area contributed by atoms with Crippen molar-refractivity contribution >= 4 is 0 Å². The van der Waals surface area contributed by atoms with E-state index in [1.165, 1.54) is 25.7 Å². The fourth-order valence-electron chi connectivity index (χ4n) is 3.43. The standard InChI is InChI=1S/C15H18/c1-2-6-12(7-3-1)15-13-8-4-5-9-14(15)11-10-13/h1-4,6-8,13-15H,5,9-11H2/t13-,14+,15-/m1/s1. The van der Waals surface area contributed by atoms with Crippen LogP contribution in [0.25, 0.3) is 0 Å². The summed E-state index contributed by atoms with van der Waals surface area (Å²) in [5.41, 5.74) is 1.57. The van der Waals surface area contributed by atoms with Crippen LogP contribution in [0.5, 0.6) is 0 Å². The van der Waals surface area contributed by atoms with Crippen LogP contribution in [-0.2, 0) is 0 Å². The summed E-state index contributed by atoms with van der Waals surface area (Å²) in [6, 6.07) is 11.1. The fraction of sp³-hybridized carbons (Fsp3) is 0.467. The molecule has 0 saturated heterocycles. The maximum absolute atomic E-state index is 2.48. The Bertz CT molecular complexity index is 350. The molecule has 0 aromatic heterocycles. The first kappa shape index (κ1) is 9.21. The van der Waals surface area contributed by atoms with Gasteiger partial charge in [0, 0.05) is 0 Å². The Labute approximate surface area is 92.0 Å². The molecule has 2 aliphatic carbocycles. The molecule has 2 bridgehead atoms. The van der Waals surface area contributed by atoms with Gasteiger partial charge in [-0.25, -0.2) is 0 Å². The van der Waals surface area contributed by atoms with Gasteiger partial charge in [0.1, 0.15) is 0 Å². The van der Waals surface area contributed by atoms with Crippen molar-refractivity contribution in [3.8, 4) is 0 Å². The third-order valence-electron chi connectivity index (χ3n) is 4.11. The summed E-state index contributed by atoms with van der Waals surface area (Å²) in [6.07, 6.45) is 10.4. The largest absolute Gasteiger partial charge is 0.0882 e. The monoisotopic (exact) mass is 198 g/mol. The molecule has 0 amide bonds. The molecular formula is C15H18. The topological polar surface area (TPSA) is 0 Å². The number of allylic oxidation sites excluding steroid dienone is 2. The lowest BCUT2D eigenvalue weighted by atomic mass is 9.83. The van der Waals surface area contributed by atoms with E-state index in [0.29, 0.717) is 0 Å². The Morgan fingerprint density at radius 2 is 1.80 bits per heavy atom. The lowest BCUT2D eigenvalue weighted by molar-refractivity contribution is 0.438. The third kappa shape index (κ3) is 1.62. The highest BCUT2D eigenvalue weighted by Gasteiger charge is 2.36. The van der Waals surface area contributed by atoms with E-state index in [1.54, 1.807) is 5.56 Å². The molecule has 3 atom stereocenters. The summed E-state index contributed by atoms with van der Waals surface area (Å²) < 4.78 is 0. The zero-order valence-electron chi connectivity index (χ0n) is 9.10. The van der Waals surface area contributed by atoms with Crippen LogP contribution in [0.1, 0.15) is 37.2 Å². The molecule has 15 heavy (non-hydrogen) atoms. The van der Waals surface area contributed by atoms with Crippen LogP contribution >= 0.6 is 0 Å². The number of rotatable bonds is 1. The molecule has 78 valence electrons. The van der Waals surface area contributed by atoms with E-state index >= 15 is 0 Å². The molecule has 0 aliphatic heterocycles. The molecule has 1 fully saturated rings. The van der Waals surface area contributed by atoms with Gasteiger partial charge in [-0.05, 0) is 49.0 Å². The number of fused-ring (bicyclic) bond motifs is 2. The Balaban J connectivity index is 1.95. The normalized spacial score (nSPS) is 34.0. The van der Waals surface area contributed by atoms with Crippen molar-refractivity contribution in [3.05, 3.63) is 48.0 Å². The van der Waals surface area contributed by atoms with Crippen LogP contribution in [0.3, 0.4) is 0 Å². The highest BCUT2D eigenvalue weighted by Crippen LogP contribution is 2.48. The first-order valence-corrected chi connectivity index (χ1v) is 6.17. The van der Waals surface area contributed by atoms with E-state index < -0.39 is 0 Å². The summed E-state index contributed by atoms with van der Waals surface area (Å²) >= 11 is 0. The molecule has 1 aromatic carbocycles. The minimum Gasteiger partial charge on any atom is -0.0882 e. The van der Waals surface area contributed by atoms with Crippen molar-refractivity contribution in [1.29, 1.82) is 0 Å². The number of hydrogen-bond donors (Lipinski definition) is 0. The van der Waals surface area contributed by atoms with Crippen molar-refractivity contribution in [2.75, 3.05) is 0 Å². The predicted molar refractivity (Wildman–Crippen MR) is 63.8 cm³/mol. The number of hydrogen-bond acceptors (Lipinski definition) is 0. The highest BCUT2D eigenvalue weighted by atomic mass is 14.4. The molecule has 0 N–H and O–H groups in total. The molecule has 0 unspecified atom stereocenters. The second-order valence-corrected chi connectivity index (χ2v) is 4.94. The molecule has 3 rings (SSSR count). The Morgan fingerprint density at radius 3 is 2.67 bits per heavy atom. The van der Waals surface area contributed by atoms with Gasteiger partial charge in [0.25, 0.3) is 0 Å². The maximum Gasteiger partial charge on any atom is -0.00706 e. The Kier molecular flexibility index (Phi) is 2.36. The molecule has 0 radical (unpaired) electrons. The van der Waals surface area contributed by atoms with Crippen LogP contribution < -0.4 is 0 Å². The summed E-state index contributed by atoms with van der Waals surface area (Å²) in [6.45, 7) is 0. The zero-order chi connectivity index (χ0) is 10.1. The van der Waals surface area contributed by atoms with E-state index in [4.69, 9.17) is 0 Å². The van der Waals surface area contributed by atoms with Crippen LogP contribution in [0.2, 0.25) is 0 Å². The minimum absolute atomic E-state index is 0.810. The lowest BCUT2D eigenvalue weighted by Gasteiger charge is -2.21. The van der Waals surface area contributed by atoms with Crippen molar-refractivity contribution in [3.63, 3.8) is 0 Å². The van der Waals surface area contributed by atoms with Gasteiger partial charge in [-0.2, -0.15) is 0 Å². The molecular weight excluding hydrogens is 180 g/mol. The van der Waals surface area contributed by atoms with E-state index in [-0.39, 0.29) is 0 Å². The van der Waals surface area contributed by atoms with Gasteiger partial charge in [0.05, 0.1) is 0 Å². The van der Waals surface area contributed by atoms with Crippen molar-refractivity contribution in [2.24, 2.45) is 11.8 Å². The molecule has 2 aliphatic rings. The van der Waals surface area contributed by atoms with Gasteiger partial charge < -0.3 is 0 Å². The average Bonchev–Trinajstić information content (AvgIpc) is 2.53. The first-order chi connectivity index (χ1) is 7.45. The number of benzene rings is 1. The zero-order valence-corrected chi connectivity index (χ0v) is 9.10. The Hall–Kier alpha value is -1.04. The van der Waals surface area contributed by atoms with Gasteiger partial charge in [-0.1, -0.05) is 42.5 Å². The molecule has 0 heterocycles. The van der Waals surface area contributed by atoms with Gasteiger partial charge in [0.2, 0.25) is 0 Å². The van der Waals surface area contributed by atoms with Crippen LogP contribution in [0.4, 0.5) is 0 Å². The fourth-order valence-corrected chi connectivity index (χ4v) is 3.43. The van der Waals surface area contributed by atoms with Gasteiger partial charge in [-0.15, -0.1) is 0 Å². The molecule has 1 saturated carbocycles. The smallest absolute Gasteiger partial charge is 0.00706 e. The minimum atomic E-state index is 0.810. The van der Waals surface area contributed by atoms with Crippen molar-refractivity contribution in [2.45, 2.75) is 31.6 Å². The highest BCUT2D eigenvalue weighted by molar-refractivity contribution is 5.25. The van der Waals surface area contributed by atoms with Crippen molar-refractivity contribution in [1.82, 2.24) is 0 Å². The molecule has 0 spiro atoms. The second-order valence-electron chi connectivity index (χ2n) is 4.94. The summed E-state index contributed by atoms with van der Waals surface area (Å²) in [5.74, 6) is 2.57. The summed E-state index contributed by atoms with van der Waals surface area (Å²) in [5, 5.41) is 0. The first-order valence-electron chi connectivity index (χ1n) is 6.17. The van der Waals surface area contributed by atoms with Gasteiger partial charge >= 0.3 is 0 Å². The second kappa shape index (κ2) is 3.84. The lowest BCUT2D eigenvalue weighted by Crippen LogP contribution is -2.10. The summed E-state index contributed by atoms with van der Waals surface area (Å²) in [7, 11) is 0. The average molecular weight is 198 g/mol. The van der Waals surface area contributed by atoms with E-state index in [1.807, 2.05) is 0 Å². The predicted octanol–water partition coefficient (Wildman–Crippen LogP) is 4.15. The molecule has 0 heteroatoms. The van der Waals surface area contributed by atoms with E-state index in [9.17, 15) is 0 Å². The third-order valence-corrected chi connectivity index (χ3v) is 4.11. The van der Waals surface area contributed by atoms with Crippen LogP contribution in [0, 0.1) is 11.8 Å². The Morgan fingerprint density at radius 1 is 0.933 bits per heavy atom. The van der Waals surface area contributed by atoms with E-state index in [2.05, 4.69) is 42.5 Å². The van der Waals surface area contributed by atoms with E-state index in [0.717, 1.165) is 17.8 Å². The quantitative estimate of drug-likeness (QED) is 0.595. The molecule has 1 aromatic rings. The van der Waals surface area contributed by atoms with Crippen LogP contribution in [0.15, 0.2) is 42.5 Å². The van der Waals surface area contributed by atoms with Crippen LogP contribution in [-0.4, -0.2) is 0 Å². The van der Waals surface area contributed by atoms with Crippen molar-refractivity contribution < 1.29 is 0 Å². The summed E-state index contributed by atoms with van der Waals surface area (Å²) in [4.78, 5) is 0. The SMILES string of the molecule is C1=C[C@@H]2CC[C@H](CC1)[C@@H]2c1ccccc1. The van der Waals surface area contributed by atoms with Gasteiger partial charge in [-0.3, -0.25) is 0 Å². The maximum atomic E-state index is 2.48. The van der Waals surface area contributed by atoms with Gasteiger partial charge in [0.15, 0.2) is 0 Å².